The van der Waals surface area contributed by atoms with E-state index in [4.69, 9.17) is 9.84 Å². The minimum atomic E-state index is -0.820. The number of carbonyl (C=O) groups excluding carboxylic acids is 1. The summed E-state index contributed by atoms with van der Waals surface area (Å²) in [6.45, 7) is 2.08. The van der Waals surface area contributed by atoms with E-state index in [0.29, 0.717) is 32.7 Å². The van der Waals surface area contributed by atoms with E-state index in [1.54, 1.807) is 4.90 Å². The summed E-state index contributed by atoms with van der Waals surface area (Å²) in [4.78, 5) is 24.0. The molecule has 2 saturated heterocycles. The van der Waals surface area contributed by atoms with E-state index in [-0.39, 0.29) is 12.1 Å². The Morgan fingerprint density at radius 2 is 2.19 bits per heavy atom. The zero-order valence-corrected chi connectivity index (χ0v) is 9.02. The van der Waals surface area contributed by atoms with Crippen LogP contribution in [0.25, 0.3) is 0 Å². The maximum Gasteiger partial charge on any atom is 0.317 e. The Hall–Kier alpha value is -1.30. The van der Waals surface area contributed by atoms with Gasteiger partial charge in [0.1, 0.15) is 0 Å². The summed E-state index contributed by atoms with van der Waals surface area (Å²) in [6.07, 6.45) is 1.38. The molecule has 2 amide bonds. The summed E-state index contributed by atoms with van der Waals surface area (Å²) in [6, 6.07) is -0.0874. The molecule has 0 aromatic carbocycles. The summed E-state index contributed by atoms with van der Waals surface area (Å²) in [5.74, 6) is -1.23. The molecule has 6 nitrogen and oxygen atoms in total. The first-order chi connectivity index (χ1) is 7.66. The van der Waals surface area contributed by atoms with E-state index < -0.39 is 11.9 Å². The van der Waals surface area contributed by atoms with Crippen molar-refractivity contribution in [2.75, 3.05) is 26.3 Å². The average Bonchev–Trinajstić information content (AvgIpc) is 2.86. The Kier molecular flexibility index (Phi) is 3.28. The van der Waals surface area contributed by atoms with E-state index in [0.717, 1.165) is 6.42 Å². The van der Waals surface area contributed by atoms with Crippen LogP contribution in [-0.2, 0) is 9.53 Å². The topological polar surface area (TPSA) is 78.9 Å². The molecule has 2 N–H and O–H groups in total. The minimum absolute atomic E-state index is 0.0800. The molecule has 2 fully saturated rings. The lowest BCUT2D eigenvalue weighted by Gasteiger charge is -2.19. The zero-order chi connectivity index (χ0) is 11.5. The Bertz CT molecular complexity index is 289. The Morgan fingerprint density at radius 1 is 1.38 bits per heavy atom. The molecule has 2 rings (SSSR count). The highest BCUT2D eigenvalue weighted by atomic mass is 16.5. The van der Waals surface area contributed by atoms with Crippen molar-refractivity contribution >= 4 is 12.0 Å². The Labute approximate surface area is 93.6 Å². The molecule has 16 heavy (non-hydrogen) atoms. The van der Waals surface area contributed by atoms with Crippen LogP contribution in [-0.4, -0.2) is 54.4 Å². The number of carboxylic acids is 1. The van der Waals surface area contributed by atoms with Crippen LogP contribution < -0.4 is 5.32 Å². The molecule has 0 aliphatic carbocycles. The maximum absolute atomic E-state index is 11.7. The number of amides is 2. The Morgan fingerprint density at radius 3 is 2.75 bits per heavy atom. The van der Waals surface area contributed by atoms with Crippen molar-refractivity contribution in [2.24, 2.45) is 5.92 Å². The second kappa shape index (κ2) is 4.69. The van der Waals surface area contributed by atoms with E-state index in [2.05, 4.69) is 5.32 Å². The van der Waals surface area contributed by atoms with Gasteiger partial charge in [-0.2, -0.15) is 0 Å². The molecular weight excluding hydrogens is 212 g/mol. The number of carbonyl (C=O) groups is 2. The fourth-order valence-electron chi connectivity index (χ4n) is 2.06. The SMILES string of the molecule is O=C(O)C1CCN(C(=O)NC2CCOC2)C1. The first-order valence-electron chi connectivity index (χ1n) is 5.53. The van der Waals surface area contributed by atoms with Gasteiger partial charge < -0.3 is 20.1 Å². The highest BCUT2D eigenvalue weighted by Crippen LogP contribution is 2.16. The van der Waals surface area contributed by atoms with Crippen LogP contribution in [0.1, 0.15) is 12.8 Å². The third-order valence-corrected chi connectivity index (χ3v) is 3.08. The molecule has 2 aliphatic heterocycles. The second-order valence-corrected chi connectivity index (χ2v) is 4.28. The van der Waals surface area contributed by atoms with Crippen LogP contribution in [0.2, 0.25) is 0 Å². The highest BCUT2D eigenvalue weighted by molar-refractivity contribution is 5.77. The van der Waals surface area contributed by atoms with Gasteiger partial charge in [0, 0.05) is 19.7 Å². The number of carboxylic acid groups (broad SMARTS) is 1. The van der Waals surface area contributed by atoms with Crippen molar-refractivity contribution in [1.82, 2.24) is 10.2 Å². The fourth-order valence-corrected chi connectivity index (χ4v) is 2.06. The van der Waals surface area contributed by atoms with Gasteiger partial charge in [0.2, 0.25) is 0 Å². The fraction of sp³-hybridized carbons (Fsp3) is 0.800. The number of nitrogens with one attached hydrogen (secondary N) is 1. The molecule has 0 spiro atoms. The van der Waals surface area contributed by atoms with Gasteiger partial charge in [-0.15, -0.1) is 0 Å². The Balaban J connectivity index is 1.79. The van der Waals surface area contributed by atoms with Crippen LogP contribution in [0.4, 0.5) is 4.79 Å². The molecule has 6 heteroatoms. The number of hydrogen-bond acceptors (Lipinski definition) is 3. The van der Waals surface area contributed by atoms with E-state index in [1.807, 2.05) is 0 Å². The van der Waals surface area contributed by atoms with Crippen molar-refractivity contribution in [1.29, 1.82) is 0 Å². The maximum atomic E-state index is 11.7. The predicted molar refractivity (Wildman–Crippen MR) is 55.1 cm³/mol. The van der Waals surface area contributed by atoms with Gasteiger partial charge in [-0.05, 0) is 12.8 Å². The molecule has 0 bridgehead atoms. The number of nitrogens with zero attached hydrogens (tertiary/aromatic N) is 1. The molecule has 2 heterocycles. The van der Waals surface area contributed by atoms with Crippen LogP contribution in [0.3, 0.4) is 0 Å². The van der Waals surface area contributed by atoms with Gasteiger partial charge in [-0.3, -0.25) is 4.79 Å². The number of aliphatic carboxylic acids is 1. The molecule has 0 aromatic rings. The third kappa shape index (κ3) is 2.44. The summed E-state index contributed by atoms with van der Waals surface area (Å²) < 4.78 is 5.15. The molecule has 0 saturated carbocycles. The van der Waals surface area contributed by atoms with E-state index in [9.17, 15) is 9.59 Å². The molecule has 2 aliphatic rings. The molecule has 90 valence electrons. The molecule has 0 radical (unpaired) electrons. The molecule has 2 unspecified atom stereocenters. The largest absolute Gasteiger partial charge is 0.481 e. The van der Waals surface area contributed by atoms with Gasteiger partial charge in [0.25, 0.3) is 0 Å². The lowest BCUT2D eigenvalue weighted by molar-refractivity contribution is -0.141. The van der Waals surface area contributed by atoms with Crippen molar-refractivity contribution in [3.63, 3.8) is 0 Å². The van der Waals surface area contributed by atoms with Gasteiger partial charge >= 0.3 is 12.0 Å². The smallest absolute Gasteiger partial charge is 0.317 e. The normalized spacial score (nSPS) is 29.4. The van der Waals surface area contributed by atoms with Crippen LogP contribution in [0, 0.1) is 5.92 Å². The number of ether oxygens (including phenoxy) is 1. The number of hydrogen-bond donors (Lipinski definition) is 2. The molecule has 0 aromatic heterocycles. The highest BCUT2D eigenvalue weighted by Gasteiger charge is 2.31. The van der Waals surface area contributed by atoms with Crippen molar-refractivity contribution in [3.8, 4) is 0 Å². The summed E-state index contributed by atoms with van der Waals surface area (Å²) >= 11 is 0. The first-order valence-corrected chi connectivity index (χ1v) is 5.53. The summed E-state index contributed by atoms with van der Waals surface area (Å²) in [7, 11) is 0. The number of rotatable bonds is 2. The van der Waals surface area contributed by atoms with Crippen molar-refractivity contribution in [3.05, 3.63) is 0 Å². The quantitative estimate of drug-likeness (QED) is 0.691. The standard InChI is InChI=1S/C10H16N2O4/c13-9(14)7-1-3-12(5-7)10(15)11-8-2-4-16-6-8/h7-8H,1-6H2,(H,11,15)(H,13,14). The molecule has 2 atom stereocenters. The van der Waals surface area contributed by atoms with E-state index >= 15 is 0 Å². The minimum Gasteiger partial charge on any atom is -0.481 e. The van der Waals surface area contributed by atoms with Crippen molar-refractivity contribution in [2.45, 2.75) is 18.9 Å². The van der Waals surface area contributed by atoms with Crippen LogP contribution >= 0.6 is 0 Å². The number of likely N-dealkylation sites (tertiary alicyclic amines) is 1. The van der Waals surface area contributed by atoms with Crippen LogP contribution in [0.15, 0.2) is 0 Å². The first kappa shape index (κ1) is 11.2. The van der Waals surface area contributed by atoms with Crippen LogP contribution in [0.5, 0.6) is 0 Å². The van der Waals surface area contributed by atoms with E-state index in [1.165, 1.54) is 0 Å². The lowest BCUT2D eigenvalue weighted by Crippen LogP contribution is -2.44. The lowest BCUT2D eigenvalue weighted by atomic mass is 10.1. The average molecular weight is 228 g/mol. The number of urea groups is 1. The summed E-state index contributed by atoms with van der Waals surface area (Å²) in [5, 5.41) is 11.7. The van der Waals surface area contributed by atoms with Gasteiger partial charge in [-0.1, -0.05) is 0 Å². The van der Waals surface area contributed by atoms with Gasteiger partial charge in [0.05, 0.1) is 18.6 Å². The van der Waals surface area contributed by atoms with Gasteiger partial charge in [-0.25, -0.2) is 4.79 Å². The summed E-state index contributed by atoms with van der Waals surface area (Å²) in [5.41, 5.74) is 0. The predicted octanol–water partition coefficient (Wildman–Crippen LogP) is -0.109. The van der Waals surface area contributed by atoms with Gasteiger partial charge in [0.15, 0.2) is 0 Å². The monoisotopic (exact) mass is 228 g/mol. The molecular formula is C10H16N2O4. The van der Waals surface area contributed by atoms with Crippen molar-refractivity contribution < 1.29 is 19.4 Å². The third-order valence-electron chi connectivity index (χ3n) is 3.08. The zero-order valence-electron chi connectivity index (χ0n) is 9.02. The second-order valence-electron chi connectivity index (χ2n) is 4.28.